The number of nitrogens with one attached hydrogen (secondary N) is 2. The normalized spacial score (nSPS) is 10.2. The van der Waals surface area contributed by atoms with E-state index in [1.165, 1.54) is 18.2 Å². The zero-order valence-electron chi connectivity index (χ0n) is 11.4. The molecule has 7 heteroatoms. The third kappa shape index (κ3) is 4.13. The molecule has 1 heterocycles. The first-order valence-electron chi connectivity index (χ1n) is 6.34. The average molecular weight is 309 g/mol. The van der Waals surface area contributed by atoms with Crippen LogP contribution in [-0.2, 0) is 0 Å². The number of nitrogens with zero attached hydrogens (tertiary/aromatic N) is 2. The van der Waals surface area contributed by atoms with Crippen molar-refractivity contribution < 1.29 is 9.18 Å². The lowest BCUT2D eigenvalue weighted by Crippen LogP contribution is -2.29. The molecule has 0 atom stereocenters. The Balaban J connectivity index is 1.83. The fourth-order valence-corrected chi connectivity index (χ4v) is 1.91. The van der Waals surface area contributed by atoms with Gasteiger partial charge in [0.2, 0.25) is 0 Å². The second-order valence-corrected chi connectivity index (χ2v) is 4.75. The Morgan fingerprint density at radius 2 is 2.05 bits per heavy atom. The number of amides is 1. The molecule has 0 unspecified atom stereocenters. The van der Waals surface area contributed by atoms with Gasteiger partial charge in [-0.05, 0) is 31.2 Å². The molecule has 0 spiro atoms. The SMILES string of the molecule is Cc1ccc(NCCNC(=O)c2c(F)cccc2Cl)nn1. The maximum absolute atomic E-state index is 13.5. The monoisotopic (exact) mass is 308 g/mol. The van der Waals surface area contributed by atoms with E-state index in [0.29, 0.717) is 18.9 Å². The molecule has 2 rings (SSSR count). The molecule has 110 valence electrons. The molecular weight excluding hydrogens is 295 g/mol. The van der Waals surface area contributed by atoms with Crippen LogP contribution in [0.1, 0.15) is 16.1 Å². The minimum absolute atomic E-state index is 0.0878. The Kier molecular flexibility index (Phi) is 5.05. The number of anilines is 1. The molecule has 1 amide bonds. The zero-order chi connectivity index (χ0) is 15.2. The first-order chi connectivity index (χ1) is 10.1. The Morgan fingerprint density at radius 3 is 2.71 bits per heavy atom. The van der Waals surface area contributed by atoms with Crippen LogP contribution in [0, 0.1) is 12.7 Å². The molecule has 0 bridgehead atoms. The lowest BCUT2D eigenvalue weighted by Gasteiger charge is -2.08. The van der Waals surface area contributed by atoms with Crippen LogP contribution in [0.25, 0.3) is 0 Å². The summed E-state index contributed by atoms with van der Waals surface area (Å²) in [5.74, 6) is -0.578. The van der Waals surface area contributed by atoms with Crippen molar-refractivity contribution in [2.24, 2.45) is 0 Å². The highest BCUT2D eigenvalue weighted by Crippen LogP contribution is 2.18. The van der Waals surface area contributed by atoms with E-state index in [2.05, 4.69) is 20.8 Å². The molecule has 0 saturated heterocycles. The standard InChI is InChI=1S/C14H14ClFN4O/c1-9-5-6-12(20-19-9)17-7-8-18-14(21)13-10(15)3-2-4-11(13)16/h2-6H,7-8H2,1H3,(H,17,20)(H,18,21). The summed E-state index contributed by atoms with van der Waals surface area (Å²) < 4.78 is 13.5. The van der Waals surface area contributed by atoms with Gasteiger partial charge in [-0.1, -0.05) is 17.7 Å². The van der Waals surface area contributed by atoms with E-state index in [9.17, 15) is 9.18 Å². The summed E-state index contributed by atoms with van der Waals surface area (Å²) in [4.78, 5) is 11.9. The molecular formula is C14H14ClFN4O. The molecule has 0 aliphatic carbocycles. The number of aryl methyl sites for hydroxylation is 1. The zero-order valence-corrected chi connectivity index (χ0v) is 12.1. The highest BCUT2D eigenvalue weighted by atomic mass is 35.5. The summed E-state index contributed by atoms with van der Waals surface area (Å²) in [6.07, 6.45) is 0. The van der Waals surface area contributed by atoms with Gasteiger partial charge >= 0.3 is 0 Å². The van der Waals surface area contributed by atoms with Crippen LogP contribution in [0.4, 0.5) is 10.2 Å². The van der Waals surface area contributed by atoms with Crippen molar-refractivity contribution in [2.45, 2.75) is 6.92 Å². The van der Waals surface area contributed by atoms with Crippen molar-refractivity contribution >= 4 is 23.3 Å². The smallest absolute Gasteiger partial charge is 0.255 e. The van der Waals surface area contributed by atoms with Crippen LogP contribution in [0.3, 0.4) is 0 Å². The topological polar surface area (TPSA) is 66.9 Å². The van der Waals surface area contributed by atoms with Crippen LogP contribution < -0.4 is 10.6 Å². The van der Waals surface area contributed by atoms with Crippen LogP contribution >= 0.6 is 11.6 Å². The van der Waals surface area contributed by atoms with Gasteiger partial charge < -0.3 is 10.6 Å². The van der Waals surface area contributed by atoms with Gasteiger partial charge in [0.15, 0.2) is 0 Å². The fraction of sp³-hybridized carbons (Fsp3) is 0.214. The Bertz CT molecular complexity index is 613. The molecule has 1 aromatic heterocycles. The molecule has 2 aromatic rings. The van der Waals surface area contributed by atoms with Gasteiger partial charge in [0, 0.05) is 13.1 Å². The van der Waals surface area contributed by atoms with Crippen molar-refractivity contribution in [3.63, 3.8) is 0 Å². The van der Waals surface area contributed by atoms with Gasteiger partial charge in [-0.25, -0.2) is 4.39 Å². The third-order valence-corrected chi connectivity index (χ3v) is 3.02. The minimum atomic E-state index is -0.641. The summed E-state index contributed by atoms with van der Waals surface area (Å²) in [5.41, 5.74) is 0.678. The first kappa shape index (κ1) is 15.2. The second kappa shape index (κ2) is 6.99. The van der Waals surface area contributed by atoms with Crippen molar-refractivity contribution in [2.75, 3.05) is 18.4 Å². The predicted octanol–water partition coefficient (Wildman–Crippen LogP) is 2.42. The molecule has 0 saturated carbocycles. The lowest BCUT2D eigenvalue weighted by atomic mass is 10.2. The highest BCUT2D eigenvalue weighted by Gasteiger charge is 2.14. The number of hydrogen-bond donors (Lipinski definition) is 2. The number of aromatic nitrogens is 2. The van der Waals surface area contributed by atoms with Gasteiger partial charge in [0.1, 0.15) is 11.6 Å². The fourth-order valence-electron chi connectivity index (χ4n) is 1.66. The van der Waals surface area contributed by atoms with E-state index in [-0.39, 0.29) is 10.6 Å². The number of rotatable bonds is 5. The van der Waals surface area contributed by atoms with Crippen LogP contribution in [0.2, 0.25) is 5.02 Å². The van der Waals surface area contributed by atoms with E-state index in [1.54, 1.807) is 6.07 Å². The maximum atomic E-state index is 13.5. The third-order valence-electron chi connectivity index (χ3n) is 2.70. The van der Waals surface area contributed by atoms with Gasteiger partial charge in [-0.3, -0.25) is 4.79 Å². The number of halogens is 2. The summed E-state index contributed by atoms with van der Waals surface area (Å²) in [5, 5.41) is 13.5. The Labute approximate surface area is 126 Å². The number of benzene rings is 1. The first-order valence-corrected chi connectivity index (χ1v) is 6.72. The Morgan fingerprint density at radius 1 is 1.24 bits per heavy atom. The average Bonchev–Trinajstić information content (AvgIpc) is 2.45. The number of carbonyl (C=O) groups is 1. The molecule has 2 N–H and O–H groups in total. The van der Waals surface area contributed by atoms with Crippen LogP contribution in [-0.4, -0.2) is 29.2 Å². The van der Waals surface area contributed by atoms with E-state index < -0.39 is 11.7 Å². The number of hydrogen-bond acceptors (Lipinski definition) is 4. The van der Waals surface area contributed by atoms with Crippen molar-refractivity contribution in [1.29, 1.82) is 0 Å². The maximum Gasteiger partial charge on any atom is 0.255 e. The van der Waals surface area contributed by atoms with Gasteiger partial charge in [0.05, 0.1) is 16.3 Å². The summed E-state index contributed by atoms with van der Waals surface area (Å²) in [7, 11) is 0. The lowest BCUT2D eigenvalue weighted by molar-refractivity contribution is 0.0951. The summed E-state index contributed by atoms with van der Waals surface area (Å²) in [6, 6.07) is 7.73. The quantitative estimate of drug-likeness (QED) is 0.833. The van der Waals surface area contributed by atoms with Crippen molar-refractivity contribution in [3.8, 4) is 0 Å². The molecule has 0 radical (unpaired) electrons. The minimum Gasteiger partial charge on any atom is -0.367 e. The second-order valence-electron chi connectivity index (χ2n) is 4.34. The molecule has 1 aromatic carbocycles. The molecule has 0 fully saturated rings. The summed E-state index contributed by atoms with van der Waals surface area (Å²) in [6.45, 7) is 2.59. The van der Waals surface area contributed by atoms with E-state index >= 15 is 0 Å². The van der Waals surface area contributed by atoms with Gasteiger partial charge in [-0.15, -0.1) is 5.10 Å². The van der Waals surface area contributed by atoms with Gasteiger partial charge in [-0.2, -0.15) is 5.10 Å². The van der Waals surface area contributed by atoms with E-state index in [1.807, 2.05) is 13.0 Å². The van der Waals surface area contributed by atoms with Crippen LogP contribution in [0.5, 0.6) is 0 Å². The number of carbonyl (C=O) groups excluding carboxylic acids is 1. The largest absolute Gasteiger partial charge is 0.367 e. The van der Waals surface area contributed by atoms with E-state index in [0.717, 1.165) is 5.69 Å². The predicted molar refractivity (Wildman–Crippen MR) is 79.0 cm³/mol. The van der Waals surface area contributed by atoms with Crippen molar-refractivity contribution in [3.05, 3.63) is 52.4 Å². The van der Waals surface area contributed by atoms with Crippen LogP contribution in [0.15, 0.2) is 30.3 Å². The molecule has 0 aliphatic heterocycles. The molecule has 0 aliphatic rings. The van der Waals surface area contributed by atoms with Crippen molar-refractivity contribution in [1.82, 2.24) is 15.5 Å². The Hall–Kier alpha value is -2.21. The highest BCUT2D eigenvalue weighted by molar-refractivity contribution is 6.33. The van der Waals surface area contributed by atoms with Gasteiger partial charge in [0.25, 0.3) is 5.91 Å². The molecule has 21 heavy (non-hydrogen) atoms. The summed E-state index contributed by atoms with van der Waals surface area (Å²) >= 11 is 5.81. The molecule has 5 nitrogen and oxygen atoms in total. The van der Waals surface area contributed by atoms with E-state index in [4.69, 9.17) is 11.6 Å².